The van der Waals surface area contributed by atoms with Crippen LogP contribution in [0.2, 0.25) is 0 Å². The summed E-state index contributed by atoms with van der Waals surface area (Å²) >= 11 is 0. The van der Waals surface area contributed by atoms with E-state index >= 15 is 0 Å². The van der Waals surface area contributed by atoms with Gasteiger partial charge in [-0.3, -0.25) is 0 Å². The monoisotopic (exact) mass is 214 g/mol. The fraction of sp³-hybridized carbons (Fsp3) is 1.00. The molecule has 0 aromatic heterocycles. The van der Waals surface area contributed by atoms with Crippen LogP contribution in [0.25, 0.3) is 0 Å². The SMILES string of the molecule is CCC1CCNC(C(O)(CN)C(C)C)C1. The molecule has 1 saturated heterocycles. The highest BCUT2D eigenvalue weighted by atomic mass is 16.3. The van der Waals surface area contributed by atoms with Crippen LogP contribution >= 0.6 is 0 Å². The van der Waals surface area contributed by atoms with Crippen LogP contribution in [0.5, 0.6) is 0 Å². The van der Waals surface area contributed by atoms with Gasteiger partial charge in [0.1, 0.15) is 0 Å². The normalized spacial score (nSPS) is 31.6. The van der Waals surface area contributed by atoms with E-state index in [4.69, 9.17) is 5.73 Å². The first-order valence-electron chi connectivity index (χ1n) is 6.20. The van der Waals surface area contributed by atoms with Crippen LogP contribution in [0, 0.1) is 11.8 Å². The Labute approximate surface area is 93.4 Å². The lowest BCUT2D eigenvalue weighted by atomic mass is 9.76. The molecule has 0 spiro atoms. The van der Waals surface area contributed by atoms with E-state index in [1.54, 1.807) is 0 Å². The van der Waals surface area contributed by atoms with Crippen LogP contribution in [0.1, 0.15) is 40.0 Å². The van der Waals surface area contributed by atoms with E-state index in [-0.39, 0.29) is 12.0 Å². The summed E-state index contributed by atoms with van der Waals surface area (Å²) in [6.45, 7) is 7.68. The molecule has 1 rings (SSSR count). The average Bonchev–Trinajstić information content (AvgIpc) is 2.27. The highest BCUT2D eigenvalue weighted by Gasteiger charge is 2.40. The standard InChI is InChI=1S/C12H26N2O/c1-4-10-5-6-14-11(7-10)12(15,8-13)9(2)3/h9-11,14-15H,4-8,13H2,1-3H3. The average molecular weight is 214 g/mol. The van der Waals surface area contributed by atoms with Crippen LogP contribution < -0.4 is 11.1 Å². The van der Waals surface area contributed by atoms with E-state index in [0.29, 0.717) is 6.54 Å². The van der Waals surface area contributed by atoms with Gasteiger partial charge in [-0.1, -0.05) is 27.2 Å². The Hall–Kier alpha value is -0.120. The second-order valence-corrected chi connectivity index (χ2v) is 5.16. The van der Waals surface area contributed by atoms with Crippen molar-refractivity contribution in [2.45, 2.75) is 51.7 Å². The van der Waals surface area contributed by atoms with Crippen LogP contribution in [0.3, 0.4) is 0 Å². The Morgan fingerprint density at radius 3 is 2.67 bits per heavy atom. The summed E-state index contributed by atoms with van der Waals surface area (Å²) in [6.07, 6.45) is 3.49. The van der Waals surface area contributed by atoms with Gasteiger partial charge in [-0.05, 0) is 31.2 Å². The third kappa shape index (κ3) is 2.71. The van der Waals surface area contributed by atoms with Gasteiger partial charge in [0, 0.05) is 12.6 Å². The van der Waals surface area contributed by atoms with Crippen molar-refractivity contribution in [3.8, 4) is 0 Å². The Balaban J connectivity index is 2.67. The molecular weight excluding hydrogens is 188 g/mol. The fourth-order valence-corrected chi connectivity index (χ4v) is 2.53. The molecule has 1 fully saturated rings. The van der Waals surface area contributed by atoms with Crippen molar-refractivity contribution < 1.29 is 5.11 Å². The molecule has 0 amide bonds. The molecule has 3 nitrogen and oxygen atoms in total. The van der Waals surface area contributed by atoms with Gasteiger partial charge in [0.2, 0.25) is 0 Å². The van der Waals surface area contributed by atoms with E-state index in [2.05, 4.69) is 12.2 Å². The summed E-state index contributed by atoms with van der Waals surface area (Å²) in [5.74, 6) is 0.948. The van der Waals surface area contributed by atoms with Gasteiger partial charge in [0.25, 0.3) is 0 Å². The Bertz CT molecular complexity index is 196. The fourth-order valence-electron chi connectivity index (χ4n) is 2.53. The summed E-state index contributed by atoms with van der Waals surface area (Å²) < 4.78 is 0. The molecule has 0 radical (unpaired) electrons. The lowest BCUT2D eigenvalue weighted by Crippen LogP contribution is -2.60. The zero-order valence-electron chi connectivity index (χ0n) is 10.3. The maximum Gasteiger partial charge on any atom is 0.0944 e. The van der Waals surface area contributed by atoms with E-state index in [0.717, 1.165) is 18.9 Å². The zero-order valence-corrected chi connectivity index (χ0v) is 10.3. The topological polar surface area (TPSA) is 58.3 Å². The van der Waals surface area contributed by atoms with Crippen LogP contribution in [-0.4, -0.2) is 29.8 Å². The first-order chi connectivity index (χ1) is 7.04. The van der Waals surface area contributed by atoms with Crippen molar-refractivity contribution in [2.75, 3.05) is 13.1 Å². The van der Waals surface area contributed by atoms with Crippen molar-refractivity contribution in [3.05, 3.63) is 0 Å². The highest BCUT2D eigenvalue weighted by molar-refractivity contribution is 4.97. The molecule has 90 valence electrons. The first-order valence-corrected chi connectivity index (χ1v) is 6.20. The van der Waals surface area contributed by atoms with Gasteiger partial charge in [-0.2, -0.15) is 0 Å². The number of hydrogen-bond donors (Lipinski definition) is 3. The van der Waals surface area contributed by atoms with E-state index < -0.39 is 5.60 Å². The Kier molecular flexibility index (Phi) is 4.56. The molecular formula is C12H26N2O. The number of hydrogen-bond acceptors (Lipinski definition) is 3. The molecule has 0 aromatic rings. The molecule has 0 aromatic carbocycles. The van der Waals surface area contributed by atoms with Gasteiger partial charge in [0.05, 0.1) is 5.60 Å². The predicted octanol–water partition coefficient (Wildman–Crippen LogP) is 1.11. The van der Waals surface area contributed by atoms with Gasteiger partial charge in [0.15, 0.2) is 0 Å². The third-order valence-corrected chi connectivity index (χ3v) is 4.02. The largest absolute Gasteiger partial charge is 0.387 e. The summed E-state index contributed by atoms with van der Waals surface area (Å²) in [5, 5.41) is 14.0. The maximum atomic E-state index is 10.5. The third-order valence-electron chi connectivity index (χ3n) is 4.02. The van der Waals surface area contributed by atoms with Crippen molar-refractivity contribution in [2.24, 2.45) is 17.6 Å². The number of aliphatic hydroxyl groups is 1. The molecule has 3 unspecified atom stereocenters. The molecule has 15 heavy (non-hydrogen) atoms. The molecule has 0 bridgehead atoms. The molecule has 1 heterocycles. The summed E-state index contributed by atoms with van der Waals surface area (Å²) in [5.41, 5.74) is 4.99. The van der Waals surface area contributed by atoms with Crippen molar-refractivity contribution in [1.82, 2.24) is 5.32 Å². The van der Waals surface area contributed by atoms with Gasteiger partial charge >= 0.3 is 0 Å². The Morgan fingerprint density at radius 1 is 1.53 bits per heavy atom. The molecule has 4 N–H and O–H groups in total. The van der Waals surface area contributed by atoms with E-state index in [1.165, 1.54) is 12.8 Å². The molecule has 3 heteroatoms. The van der Waals surface area contributed by atoms with E-state index in [9.17, 15) is 5.11 Å². The number of nitrogens with two attached hydrogens (primary N) is 1. The molecule has 1 aliphatic rings. The van der Waals surface area contributed by atoms with Crippen LogP contribution in [0.4, 0.5) is 0 Å². The molecule has 0 aliphatic carbocycles. The molecule has 1 aliphatic heterocycles. The van der Waals surface area contributed by atoms with Crippen molar-refractivity contribution in [1.29, 1.82) is 0 Å². The van der Waals surface area contributed by atoms with E-state index in [1.807, 2.05) is 13.8 Å². The minimum atomic E-state index is -0.742. The van der Waals surface area contributed by atoms with Gasteiger partial charge in [-0.25, -0.2) is 0 Å². The van der Waals surface area contributed by atoms with Crippen molar-refractivity contribution in [3.63, 3.8) is 0 Å². The predicted molar refractivity (Wildman–Crippen MR) is 63.6 cm³/mol. The van der Waals surface area contributed by atoms with Gasteiger partial charge in [-0.15, -0.1) is 0 Å². The second kappa shape index (κ2) is 5.28. The van der Waals surface area contributed by atoms with Crippen LogP contribution in [-0.2, 0) is 0 Å². The number of rotatable bonds is 4. The minimum Gasteiger partial charge on any atom is -0.387 e. The summed E-state index contributed by atoms with van der Waals surface area (Å²) in [4.78, 5) is 0. The zero-order chi connectivity index (χ0) is 11.5. The summed E-state index contributed by atoms with van der Waals surface area (Å²) in [7, 11) is 0. The quantitative estimate of drug-likeness (QED) is 0.657. The van der Waals surface area contributed by atoms with Gasteiger partial charge < -0.3 is 16.2 Å². The van der Waals surface area contributed by atoms with Crippen molar-refractivity contribution >= 4 is 0 Å². The molecule has 0 saturated carbocycles. The lowest BCUT2D eigenvalue weighted by Gasteiger charge is -2.43. The molecule has 3 atom stereocenters. The van der Waals surface area contributed by atoms with Crippen LogP contribution in [0.15, 0.2) is 0 Å². The Morgan fingerprint density at radius 2 is 2.20 bits per heavy atom. The number of piperidine rings is 1. The summed E-state index contributed by atoms with van der Waals surface area (Å²) in [6, 6.07) is 0.168. The number of nitrogens with one attached hydrogen (secondary N) is 1. The maximum absolute atomic E-state index is 10.5. The lowest BCUT2D eigenvalue weighted by molar-refractivity contribution is -0.0448. The first kappa shape index (κ1) is 12.9. The highest BCUT2D eigenvalue weighted by Crippen LogP contribution is 2.29. The second-order valence-electron chi connectivity index (χ2n) is 5.16. The smallest absolute Gasteiger partial charge is 0.0944 e. The minimum absolute atomic E-state index is 0.168.